The molecule has 0 amide bonds. The molecule has 2 rings (SSSR count). The Kier molecular flexibility index (Phi) is 1.97. The maximum absolute atomic E-state index is 2.48. The van der Waals surface area contributed by atoms with Crippen molar-refractivity contribution in [2.24, 2.45) is 35.5 Å². The van der Waals surface area contributed by atoms with Gasteiger partial charge in [0.1, 0.15) is 0 Å². The van der Waals surface area contributed by atoms with Gasteiger partial charge in [0.2, 0.25) is 0 Å². The molecular formula is C12H22. The molecule has 0 heterocycles. The molecule has 0 radical (unpaired) electrons. The fourth-order valence-electron chi connectivity index (χ4n) is 3.80. The van der Waals surface area contributed by atoms with E-state index >= 15 is 0 Å². The van der Waals surface area contributed by atoms with Crippen molar-refractivity contribution in [3.05, 3.63) is 0 Å². The molecule has 12 heavy (non-hydrogen) atoms. The average molecular weight is 166 g/mol. The Labute approximate surface area is 76.7 Å². The topological polar surface area (TPSA) is 0 Å². The first kappa shape index (κ1) is 8.59. The fourth-order valence-corrected chi connectivity index (χ4v) is 3.80. The molecule has 0 aromatic rings. The highest BCUT2D eigenvalue weighted by Crippen LogP contribution is 2.62. The summed E-state index contributed by atoms with van der Waals surface area (Å²) in [6.07, 6.45) is 3.02. The van der Waals surface area contributed by atoms with Gasteiger partial charge in [0.25, 0.3) is 0 Å². The summed E-state index contributed by atoms with van der Waals surface area (Å²) < 4.78 is 0. The molecule has 0 saturated heterocycles. The van der Waals surface area contributed by atoms with Gasteiger partial charge in [-0.05, 0) is 48.3 Å². The van der Waals surface area contributed by atoms with Crippen LogP contribution in [0.3, 0.4) is 0 Å². The predicted molar refractivity (Wildman–Crippen MR) is 52.9 cm³/mol. The maximum Gasteiger partial charge on any atom is -0.0329 e. The zero-order chi connectivity index (χ0) is 8.88. The van der Waals surface area contributed by atoms with E-state index in [9.17, 15) is 0 Å². The van der Waals surface area contributed by atoms with Gasteiger partial charge in [-0.3, -0.25) is 0 Å². The molecule has 0 aromatic heterocycles. The molecule has 2 aliphatic carbocycles. The van der Waals surface area contributed by atoms with Crippen LogP contribution in [0.5, 0.6) is 0 Å². The van der Waals surface area contributed by atoms with Gasteiger partial charge in [-0.2, -0.15) is 0 Å². The van der Waals surface area contributed by atoms with Crippen LogP contribution < -0.4 is 0 Å². The highest BCUT2D eigenvalue weighted by molar-refractivity contribution is 5.04. The van der Waals surface area contributed by atoms with Crippen LogP contribution in [0.1, 0.15) is 40.5 Å². The van der Waals surface area contributed by atoms with E-state index in [0.717, 1.165) is 35.5 Å². The highest BCUT2D eigenvalue weighted by atomic mass is 14.6. The minimum absolute atomic E-state index is 0.911. The second kappa shape index (κ2) is 2.75. The summed E-state index contributed by atoms with van der Waals surface area (Å²) in [5.74, 6) is 6.35. The Balaban J connectivity index is 1.88. The molecule has 5 atom stereocenters. The van der Waals surface area contributed by atoms with E-state index < -0.39 is 0 Å². The second-order valence-electron chi connectivity index (χ2n) is 5.61. The summed E-state index contributed by atoms with van der Waals surface area (Å²) >= 11 is 0. The third-order valence-electron chi connectivity index (χ3n) is 4.37. The Morgan fingerprint density at radius 1 is 1.25 bits per heavy atom. The van der Waals surface area contributed by atoms with E-state index in [0.29, 0.717) is 0 Å². The van der Waals surface area contributed by atoms with Gasteiger partial charge in [-0.1, -0.05) is 27.7 Å². The molecule has 0 aromatic carbocycles. The lowest BCUT2D eigenvalue weighted by molar-refractivity contribution is -0.144. The monoisotopic (exact) mass is 166 g/mol. The second-order valence-corrected chi connectivity index (χ2v) is 5.61. The van der Waals surface area contributed by atoms with E-state index in [1.807, 2.05) is 0 Å². The highest BCUT2D eigenvalue weighted by Gasteiger charge is 2.56. The summed E-state index contributed by atoms with van der Waals surface area (Å²) in [6, 6.07) is 0. The van der Waals surface area contributed by atoms with Crippen LogP contribution >= 0.6 is 0 Å². The molecule has 0 heteroatoms. The van der Waals surface area contributed by atoms with Gasteiger partial charge < -0.3 is 0 Å². The van der Waals surface area contributed by atoms with Crippen molar-refractivity contribution >= 4 is 0 Å². The molecule has 0 spiro atoms. The number of hydrogen-bond donors (Lipinski definition) is 0. The lowest BCUT2D eigenvalue weighted by Gasteiger charge is -2.63. The van der Waals surface area contributed by atoms with Crippen molar-refractivity contribution in [1.82, 2.24) is 0 Å². The quantitative estimate of drug-likeness (QED) is 0.588. The zero-order valence-corrected chi connectivity index (χ0v) is 8.88. The first-order valence-corrected chi connectivity index (χ1v) is 5.61. The Hall–Kier alpha value is 0. The number of fused-ring (bicyclic) bond motifs is 1. The molecular weight excluding hydrogens is 144 g/mol. The van der Waals surface area contributed by atoms with Crippen molar-refractivity contribution in [2.45, 2.75) is 40.5 Å². The first-order valence-electron chi connectivity index (χ1n) is 5.61. The lowest BCUT2D eigenvalue weighted by atomic mass is 9.42. The SMILES string of the molecule is CC(C)CC1C(C)C2C(C)CC12. The lowest BCUT2D eigenvalue weighted by Crippen LogP contribution is -2.56. The van der Waals surface area contributed by atoms with Crippen LogP contribution in [0, 0.1) is 35.5 Å². The van der Waals surface area contributed by atoms with Crippen LogP contribution in [-0.4, -0.2) is 0 Å². The summed E-state index contributed by atoms with van der Waals surface area (Å²) in [7, 11) is 0. The zero-order valence-electron chi connectivity index (χ0n) is 8.88. The molecule has 0 aliphatic heterocycles. The average Bonchev–Trinajstić information content (AvgIpc) is 1.95. The van der Waals surface area contributed by atoms with Gasteiger partial charge in [-0.25, -0.2) is 0 Å². The van der Waals surface area contributed by atoms with Gasteiger partial charge in [0.05, 0.1) is 0 Å². The number of hydrogen-bond acceptors (Lipinski definition) is 0. The summed E-state index contributed by atoms with van der Waals surface area (Å²) in [5.41, 5.74) is 0. The predicted octanol–water partition coefficient (Wildman–Crippen LogP) is 3.57. The Bertz CT molecular complexity index is 165. The van der Waals surface area contributed by atoms with Crippen molar-refractivity contribution in [1.29, 1.82) is 0 Å². The fraction of sp³-hybridized carbons (Fsp3) is 1.00. The van der Waals surface area contributed by atoms with Gasteiger partial charge >= 0.3 is 0 Å². The molecule has 70 valence electrons. The molecule has 0 bridgehead atoms. The summed E-state index contributed by atoms with van der Waals surface area (Å²) in [4.78, 5) is 0. The van der Waals surface area contributed by atoms with Crippen molar-refractivity contribution in [2.75, 3.05) is 0 Å². The largest absolute Gasteiger partial charge is 0.0628 e. The smallest absolute Gasteiger partial charge is 0.0329 e. The van der Waals surface area contributed by atoms with Crippen LogP contribution in [0.2, 0.25) is 0 Å². The van der Waals surface area contributed by atoms with Gasteiger partial charge in [0.15, 0.2) is 0 Å². The van der Waals surface area contributed by atoms with Crippen molar-refractivity contribution < 1.29 is 0 Å². The first-order chi connectivity index (χ1) is 5.61. The van der Waals surface area contributed by atoms with E-state index in [-0.39, 0.29) is 0 Å². The van der Waals surface area contributed by atoms with Crippen LogP contribution in [-0.2, 0) is 0 Å². The van der Waals surface area contributed by atoms with Crippen molar-refractivity contribution in [3.63, 3.8) is 0 Å². The minimum atomic E-state index is 0.911. The van der Waals surface area contributed by atoms with E-state index in [1.165, 1.54) is 12.8 Å². The Morgan fingerprint density at radius 3 is 2.33 bits per heavy atom. The van der Waals surface area contributed by atoms with Crippen LogP contribution in [0.15, 0.2) is 0 Å². The van der Waals surface area contributed by atoms with Crippen molar-refractivity contribution in [3.8, 4) is 0 Å². The van der Waals surface area contributed by atoms with Crippen LogP contribution in [0.4, 0.5) is 0 Å². The summed E-state index contributed by atoms with van der Waals surface area (Å²) in [5, 5.41) is 0. The summed E-state index contributed by atoms with van der Waals surface area (Å²) in [6.45, 7) is 9.64. The Morgan fingerprint density at radius 2 is 1.92 bits per heavy atom. The molecule has 2 saturated carbocycles. The van der Waals surface area contributed by atoms with Gasteiger partial charge in [-0.15, -0.1) is 0 Å². The minimum Gasteiger partial charge on any atom is -0.0628 e. The van der Waals surface area contributed by atoms with Gasteiger partial charge in [0, 0.05) is 0 Å². The normalized spacial score (nSPS) is 51.2. The molecule has 0 N–H and O–H groups in total. The molecule has 2 fully saturated rings. The number of rotatable bonds is 2. The molecule has 0 nitrogen and oxygen atoms in total. The van der Waals surface area contributed by atoms with E-state index in [4.69, 9.17) is 0 Å². The van der Waals surface area contributed by atoms with Crippen LogP contribution in [0.25, 0.3) is 0 Å². The third kappa shape index (κ3) is 1.03. The maximum atomic E-state index is 2.48. The standard InChI is InChI=1S/C12H22/c1-7(2)5-10-9(4)12-8(3)6-11(10)12/h7-12H,5-6H2,1-4H3. The third-order valence-corrected chi connectivity index (χ3v) is 4.37. The van der Waals surface area contributed by atoms with E-state index in [1.54, 1.807) is 0 Å². The van der Waals surface area contributed by atoms with E-state index in [2.05, 4.69) is 27.7 Å². The molecule has 5 unspecified atom stereocenters. The molecule has 2 aliphatic rings.